The number of aliphatic hydroxyl groups excluding tert-OH is 1. The Hall–Kier alpha value is -1.35. The van der Waals surface area contributed by atoms with Crippen LogP contribution in [0.25, 0.3) is 0 Å². The van der Waals surface area contributed by atoms with Crippen LogP contribution in [-0.2, 0) is 11.2 Å². The number of benzene rings is 1. The Labute approximate surface area is 121 Å². The van der Waals surface area contributed by atoms with Gasteiger partial charge in [0.25, 0.3) is 0 Å². The Balaban J connectivity index is 1.86. The van der Waals surface area contributed by atoms with Gasteiger partial charge in [-0.2, -0.15) is 0 Å². The summed E-state index contributed by atoms with van der Waals surface area (Å²) in [5.74, 6) is 0.230. The molecule has 0 saturated carbocycles. The number of aliphatic hydroxyl groups is 1. The lowest BCUT2D eigenvalue weighted by molar-refractivity contribution is -0.132. The van der Waals surface area contributed by atoms with Crippen LogP contribution in [0.1, 0.15) is 43.7 Å². The lowest BCUT2D eigenvalue weighted by Gasteiger charge is -2.25. The second kappa shape index (κ2) is 6.89. The number of aryl methyl sites for hydroxylation is 2. The van der Waals surface area contributed by atoms with E-state index in [9.17, 15) is 9.90 Å². The predicted molar refractivity (Wildman–Crippen MR) is 80.5 cm³/mol. The number of hydrogen-bond donors (Lipinski definition) is 1. The van der Waals surface area contributed by atoms with Crippen molar-refractivity contribution in [1.29, 1.82) is 0 Å². The monoisotopic (exact) mass is 275 g/mol. The highest BCUT2D eigenvalue weighted by molar-refractivity contribution is 5.77. The van der Waals surface area contributed by atoms with E-state index in [1.807, 2.05) is 4.90 Å². The maximum absolute atomic E-state index is 12.3. The molecule has 2 atom stereocenters. The van der Waals surface area contributed by atoms with Crippen LogP contribution in [0.3, 0.4) is 0 Å². The van der Waals surface area contributed by atoms with Crippen molar-refractivity contribution in [2.45, 2.75) is 58.1 Å². The average Bonchev–Trinajstić information content (AvgIpc) is 2.85. The third-order valence-electron chi connectivity index (χ3n) is 4.06. The Kier molecular flexibility index (Phi) is 5.18. The van der Waals surface area contributed by atoms with Crippen molar-refractivity contribution in [3.63, 3.8) is 0 Å². The Morgan fingerprint density at radius 3 is 2.75 bits per heavy atom. The molecule has 1 N–H and O–H groups in total. The molecule has 3 heteroatoms. The standard InChI is InChI=1S/C17H25NO2/c1-13-5-7-15(8-6-13)9-10-17(20)18-11-3-4-16(18)12-14(2)19/h5-8,14,16,19H,3-4,9-12H2,1-2H3/t14-,16+/m1/s1. The summed E-state index contributed by atoms with van der Waals surface area (Å²) in [5, 5.41) is 9.51. The van der Waals surface area contributed by atoms with Crippen LogP contribution in [0.4, 0.5) is 0 Å². The molecule has 1 aromatic rings. The molecule has 1 heterocycles. The summed E-state index contributed by atoms with van der Waals surface area (Å²) in [6.07, 6.45) is 3.84. The van der Waals surface area contributed by atoms with Gasteiger partial charge >= 0.3 is 0 Å². The predicted octanol–water partition coefficient (Wildman–Crippen LogP) is 2.69. The summed E-state index contributed by atoms with van der Waals surface area (Å²) in [7, 11) is 0. The van der Waals surface area contributed by atoms with Gasteiger partial charge < -0.3 is 10.0 Å². The van der Waals surface area contributed by atoms with E-state index in [-0.39, 0.29) is 18.1 Å². The van der Waals surface area contributed by atoms with Crippen molar-refractivity contribution in [2.75, 3.05) is 6.54 Å². The first-order valence-corrected chi connectivity index (χ1v) is 7.59. The highest BCUT2D eigenvalue weighted by atomic mass is 16.3. The highest BCUT2D eigenvalue weighted by Gasteiger charge is 2.28. The summed E-state index contributed by atoms with van der Waals surface area (Å²) < 4.78 is 0. The first-order chi connectivity index (χ1) is 9.56. The zero-order valence-corrected chi connectivity index (χ0v) is 12.5. The smallest absolute Gasteiger partial charge is 0.223 e. The second-order valence-electron chi connectivity index (χ2n) is 5.95. The largest absolute Gasteiger partial charge is 0.393 e. The minimum atomic E-state index is -0.328. The van der Waals surface area contributed by atoms with E-state index in [1.165, 1.54) is 11.1 Å². The summed E-state index contributed by atoms with van der Waals surface area (Å²) in [5.41, 5.74) is 2.46. The lowest BCUT2D eigenvalue weighted by atomic mass is 10.1. The Bertz CT molecular complexity index is 439. The molecule has 1 aliphatic heterocycles. The van der Waals surface area contributed by atoms with Crippen LogP contribution < -0.4 is 0 Å². The molecule has 0 aromatic heterocycles. The van der Waals surface area contributed by atoms with E-state index in [1.54, 1.807) is 6.92 Å². The van der Waals surface area contributed by atoms with E-state index >= 15 is 0 Å². The molecule has 20 heavy (non-hydrogen) atoms. The molecule has 3 nitrogen and oxygen atoms in total. The van der Waals surface area contributed by atoms with Crippen molar-refractivity contribution in [3.05, 3.63) is 35.4 Å². The highest BCUT2D eigenvalue weighted by Crippen LogP contribution is 2.22. The molecule has 1 saturated heterocycles. The zero-order valence-electron chi connectivity index (χ0n) is 12.5. The molecule has 2 rings (SSSR count). The first kappa shape index (κ1) is 15.0. The van der Waals surface area contributed by atoms with Crippen molar-refractivity contribution in [3.8, 4) is 0 Å². The van der Waals surface area contributed by atoms with Gasteiger partial charge in [0.1, 0.15) is 0 Å². The van der Waals surface area contributed by atoms with Crippen LogP contribution in [-0.4, -0.2) is 34.6 Å². The molecule has 0 aliphatic carbocycles. The number of carbonyl (C=O) groups excluding carboxylic acids is 1. The van der Waals surface area contributed by atoms with Gasteiger partial charge in [-0.15, -0.1) is 0 Å². The third-order valence-corrected chi connectivity index (χ3v) is 4.06. The molecule has 1 aliphatic rings. The van der Waals surface area contributed by atoms with Gasteiger partial charge in [0, 0.05) is 19.0 Å². The maximum atomic E-state index is 12.3. The number of nitrogens with zero attached hydrogens (tertiary/aromatic N) is 1. The van der Waals surface area contributed by atoms with Crippen molar-refractivity contribution >= 4 is 5.91 Å². The maximum Gasteiger partial charge on any atom is 0.223 e. The zero-order chi connectivity index (χ0) is 14.5. The fourth-order valence-electron chi connectivity index (χ4n) is 2.95. The Morgan fingerprint density at radius 1 is 1.40 bits per heavy atom. The van der Waals surface area contributed by atoms with Gasteiger partial charge in [-0.25, -0.2) is 0 Å². The normalized spacial score (nSPS) is 20.1. The van der Waals surface area contributed by atoms with Gasteiger partial charge in [-0.3, -0.25) is 4.79 Å². The van der Waals surface area contributed by atoms with Crippen molar-refractivity contribution in [1.82, 2.24) is 4.90 Å². The quantitative estimate of drug-likeness (QED) is 0.897. The van der Waals surface area contributed by atoms with Gasteiger partial charge in [0.2, 0.25) is 5.91 Å². The molecular weight excluding hydrogens is 250 g/mol. The molecule has 0 bridgehead atoms. The molecular formula is C17H25NO2. The molecule has 1 fully saturated rings. The van der Waals surface area contributed by atoms with Gasteiger partial charge in [0.05, 0.1) is 6.10 Å². The summed E-state index contributed by atoms with van der Waals surface area (Å²) in [6.45, 7) is 4.72. The van der Waals surface area contributed by atoms with Gasteiger partial charge in [-0.05, 0) is 45.1 Å². The summed E-state index contributed by atoms with van der Waals surface area (Å²) in [6, 6.07) is 8.61. The molecule has 110 valence electrons. The average molecular weight is 275 g/mol. The van der Waals surface area contributed by atoms with E-state index in [0.717, 1.165) is 25.8 Å². The summed E-state index contributed by atoms with van der Waals surface area (Å²) >= 11 is 0. The van der Waals surface area contributed by atoms with Gasteiger partial charge in [0.15, 0.2) is 0 Å². The second-order valence-corrected chi connectivity index (χ2v) is 5.95. The number of likely N-dealkylation sites (tertiary alicyclic amines) is 1. The number of rotatable bonds is 5. The molecule has 1 amide bonds. The van der Waals surface area contributed by atoms with E-state index in [0.29, 0.717) is 12.8 Å². The van der Waals surface area contributed by atoms with Crippen LogP contribution in [0.15, 0.2) is 24.3 Å². The van der Waals surface area contributed by atoms with Crippen LogP contribution >= 0.6 is 0 Å². The number of hydrogen-bond acceptors (Lipinski definition) is 2. The fraction of sp³-hybridized carbons (Fsp3) is 0.588. The third kappa shape index (κ3) is 4.07. The molecule has 0 unspecified atom stereocenters. The number of carbonyl (C=O) groups is 1. The Morgan fingerprint density at radius 2 is 2.10 bits per heavy atom. The lowest BCUT2D eigenvalue weighted by Crippen LogP contribution is -2.37. The van der Waals surface area contributed by atoms with E-state index in [4.69, 9.17) is 0 Å². The number of amides is 1. The molecule has 0 radical (unpaired) electrons. The first-order valence-electron chi connectivity index (χ1n) is 7.59. The minimum absolute atomic E-state index is 0.230. The van der Waals surface area contributed by atoms with Gasteiger partial charge in [-0.1, -0.05) is 29.8 Å². The van der Waals surface area contributed by atoms with Crippen LogP contribution in [0, 0.1) is 6.92 Å². The minimum Gasteiger partial charge on any atom is -0.393 e. The van der Waals surface area contributed by atoms with Crippen LogP contribution in [0.2, 0.25) is 0 Å². The topological polar surface area (TPSA) is 40.5 Å². The van der Waals surface area contributed by atoms with Crippen molar-refractivity contribution < 1.29 is 9.90 Å². The molecule has 1 aromatic carbocycles. The molecule has 0 spiro atoms. The van der Waals surface area contributed by atoms with E-state index in [2.05, 4.69) is 31.2 Å². The van der Waals surface area contributed by atoms with Crippen LogP contribution in [0.5, 0.6) is 0 Å². The van der Waals surface area contributed by atoms with Crippen molar-refractivity contribution in [2.24, 2.45) is 0 Å². The van der Waals surface area contributed by atoms with E-state index < -0.39 is 0 Å². The fourth-order valence-corrected chi connectivity index (χ4v) is 2.95. The SMILES string of the molecule is Cc1ccc(CCC(=O)N2CCC[C@H]2C[C@@H](C)O)cc1. The summed E-state index contributed by atoms with van der Waals surface area (Å²) in [4.78, 5) is 14.3.